The Kier molecular flexibility index (Phi) is 3.35. The first-order chi connectivity index (χ1) is 10.2. The molecule has 1 heterocycles. The Morgan fingerprint density at radius 1 is 1.19 bits per heavy atom. The van der Waals surface area contributed by atoms with Crippen molar-refractivity contribution in [3.05, 3.63) is 65.4 Å². The molecule has 0 saturated heterocycles. The predicted octanol–water partition coefficient (Wildman–Crippen LogP) is 3.65. The van der Waals surface area contributed by atoms with E-state index >= 15 is 0 Å². The van der Waals surface area contributed by atoms with E-state index in [9.17, 15) is 0 Å². The van der Waals surface area contributed by atoms with Crippen LogP contribution >= 0.6 is 11.6 Å². The summed E-state index contributed by atoms with van der Waals surface area (Å²) >= 11 is 6.09. The van der Waals surface area contributed by atoms with Crippen LogP contribution in [0.1, 0.15) is 5.56 Å². The van der Waals surface area contributed by atoms with Crippen LogP contribution in [0, 0.1) is 11.3 Å². The number of imidazole rings is 1. The minimum Gasteiger partial charge on any atom is -0.399 e. The summed E-state index contributed by atoms with van der Waals surface area (Å²) in [6.45, 7) is 0. The summed E-state index contributed by atoms with van der Waals surface area (Å²) in [6, 6.07) is 14.8. The fourth-order valence-corrected chi connectivity index (χ4v) is 2.36. The third kappa shape index (κ3) is 2.47. The van der Waals surface area contributed by atoms with E-state index < -0.39 is 0 Å². The topological polar surface area (TPSA) is 67.6 Å². The molecule has 0 aliphatic carbocycles. The molecule has 0 bridgehead atoms. The van der Waals surface area contributed by atoms with Crippen LogP contribution in [0.4, 0.5) is 5.69 Å². The fourth-order valence-electron chi connectivity index (χ4n) is 2.15. The number of nitriles is 1. The van der Waals surface area contributed by atoms with E-state index in [1.54, 1.807) is 18.3 Å². The van der Waals surface area contributed by atoms with Crippen LogP contribution in [0.2, 0.25) is 5.02 Å². The van der Waals surface area contributed by atoms with Gasteiger partial charge in [0.1, 0.15) is 11.9 Å². The van der Waals surface area contributed by atoms with Crippen molar-refractivity contribution in [3.8, 4) is 23.1 Å². The number of anilines is 1. The van der Waals surface area contributed by atoms with Crippen LogP contribution in [-0.4, -0.2) is 9.55 Å². The number of aromatic nitrogens is 2. The minimum atomic E-state index is 0.419. The van der Waals surface area contributed by atoms with Gasteiger partial charge in [-0.05, 0) is 30.3 Å². The molecule has 3 rings (SSSR count). The molecular formula is C16H11ClN4. The normalized spacial score (nSPS) is 10.3. The highest BCUT2D eigenvalue weighted by atomic mass is 35.5. The van der Waals surface area contributed by atoms with Crippen LogP contribution in [-0.2, 0) is 0 Å². The van der Waals surface area contributed by atoms with Crippen LogP contribution < -0.4 is 5.73 Å². The van der Waals surface area contributed by atoms with Crippen molar-refractivity contribution in [2.24, 2.45) is 0 Å². The standard InChI is InChI=1S/C16H11ClN4/c17-15-9-14(5-4-12(15)10-18)21-7-6-20-16(21)11-2-1-3-13(19)8-11/h1-9H,19H2. The highest BCUT2D eigenvalue weighted by Crippen LogP contribution is 2.25. The molecule has 1 aromatic heterocycles. The van der Waals surface area contributed by atoms with Crippen molar-refractivity contribution in [1.29, 1.82) is 5.26 Å². The van der Waals surface area contributed by atoms with Crippen LogP contribution in [0.3, 0.4) is 0 Å². The number of halogens is 1. The predicted molar refractivity (Wildman–Crippen MR) is 83.1 cm³/mol. The summed E-state index contributed by atoms with van der Waals surface area (Å²) < 4.78 is 1.90. The molecule has 0 spiro atoms. The van der Waals surface area contributed by atoms with E-state index in [4.69, 9.17) is 22.6 Å². The van der Waals surface area contributed by atoms with Gasteiger partial charge in [-0.15, -0.1) is 0 Å². The molecule has 5 heteroatoms. The largest absolute Gasteiger partial charge is 0.399 e. The van der Waals surface area contributed by atoms with E-state index in [2.05, 4.69) is 4.98 Å². The SMILES string of the molecule is N#Cc1ccc(-n2ccnc2-c2cccc(N)c2)cc1Cl. The Hall–Kier alpha value is -2.77. The third-order valence-electron chi connectivity index (χ3n) is 3.14. The number of hydrogen-bond donors (Lipinski definition) is 1. The molecule has 0 radical (unpaired) electrons. The summed E-state index contributed by atoms with van der Waals surface area (Å²) in [4.78, 5) is 4.38. The van der Waals surface area contributed by atoms with Gasteiger partial charge in [-0.25, -0.2) is 4.98 Å². The molecule has 0 fully saturated rings. The first-order valence-electron chi connectivity index (χ1n) is 6.28. The minimum absolute atomic E-state index is 0.419. The van der Waals surface area contributed by atoms with Crippen molar-refractivity contribution < 1.29 is 0 Å². The lowest BCUT2D eigenvalue weighted by Crippen LogP contribution is -1.97. The zero-order valence-electron chi connectivity index (χ0n) is 11.0. The second-order valence-corrected chi connectivity index (χ2v) is 4.93. The Labute approximate surface area is 127 Å². The number of rotatable bonds is 2. The molecule has 4 nitrogen and oxygen atoms in total. The first-order valence-corrected chi connectivity index (χ1v) is 6.66. The van der Waals surface area contributed by atoms with Crippen molar-refractivity contribution in [2.45, 2.75) is 0 Å². The lowest BCUT2D eigenvalue weighted by molar-refractivity contribution is 1.07. The summed E-state index contributed by atoms with van der Waals surface area (Å²) in [7, 11) is 0. The van der Waals surface area contributed by atoms with Crippen LogP contribution in [0.5, 0.6) is 0 Å². The van der Waals surface area contributed by atoms with Crippen molar-refractivity contribution >= 4 is 17.3 Å². The molecule has 21 heavy (non-hydrogen) atoms. The number of nitrogen functional groups attached to an aromatic ring is 1. The molecule has 0 aliphatic rings. The highest BCUT2D eigenvalue weighted by Gasteiger charge is 2.09. The second-order valence-electron chi connectivity index (χ2n) is 4.52. The van der Waals surface area contributed by atoms with Crippen LogP contribution in [0.25, 0.3) is 17.1 Å². The number of nitrogens with zero attached hydrogens (tertiary/aromatic N) is 3. The highest BCUT2D eigenvalue weighted by molar-refractivity contribution is 6.31. The monoisotopic (exact) mass is 294 g/mol. The summed E-state index contributed by atoms with van der Waals surface area (Å²) in [5.41, 5.74) is 8.71. The number of hydrogen-bond acceptors (Lipinski definition) is 3. The van der Waals surface area contributed by atoms with Gasteiger partial charge in [-0.1, -0.05) is 23.7 Å². The molecule has 3 aromatic rings. The Balaban J connectivity index is 2.11. The summed E-state index contributed by atoms with van der Waals surface area (Å²) in [5.74, 6) is 0.767. The molecule has 0 aliphatic heterocycles. The Morgan fingerprint density at radius 3 is 2.76 bits per heavy atom. The van der Waals surface area contributed by atoms with Crippen molar-refractivity contribution in [2.75, 3.05) is 5.73 Å². The quantitative estimate of drug-likeness (QED) is 0.734. The Morgan fingerprint density at radius 2 is 2.05 bits per heavy atom. The number of benzene rings is 2. The van der Waals surface area contributed by atoms with E-state index in [1.165, 1.54) is 0 Å². The van der Waals surface area contributed by atoms with Gasteiger partial charge in [0, 0.05) is 29.3 Å². The molecule has 102 valence electrons. The summed E-state index contributed by atoms with van der Waals surface area (Å²) in [5, 5.41) is 9.35. The maximum absolute atomic E-state index is 8.94. The van der Waals surface area contributed by atoms with Gasteiger partial charge in [0.2, 0.25) is 0 Å². The third-order valence-corrected chi connectivity index (χ3v) is 3.45. The zero-order valence-corrected chi connectivity index (χ0v) is 11.7. The van der Waals surface area contributed by atoms with Gasteiger partial charge < -0.3 is 5.73 Å². The summed E-state index contributed by atoms with van der Waals surface area (Å²) in [6.07, 6.45) is 3.56. The molecular weight excluding hydrogens is 284 g/mol. The maximum atomic E-state index is 8.94. The number of nitrogens with two attached hydrogens (primary N) is 1. The average molecular weight is 295 g/mol. The second kappa shape index (κ2) is 5.31. The van der Waals surface area contributed by atoms with Gasteiger partial charge in [0.05, 0.1) is 10.6 Å². The van der Waals surface area contributed by atoms with Gasteiger partial charge in [0.25, 0.3) is 0 Å². The van der Waals surface area contributed by atoms with E-state index in [0.717, 1.165) is 17.1 Å². The first kappa shape index (κ1) is 13.2. The molecule has 0 unspecified atom stereocenters. The van der Waals surface area contributed by atoms with E-state index in [0.29, 0.717) is 16.3 Å². The molecule has 2 aromatic carbocycles. The van der Waals surface area contributed by atoms with Crippen molar-refractivity contribution in [3.63, 3.8) is 0 Å². The lowest BCUT2D eigenvalue weighted by Gasteiger charge is -2.09. The molecule has 0 atom stereocenters. The zero-order chi connectivity index (χ0) is 14.8. The maximum Gasteiger partial charge on any atom is 0.144 e. The molecule has 0 saturated carbocycles. The van der Waals surface area contributed by atoms with Gasteiger partial charge >= 0.3 is 0 Å². The van der Waals surface area contributed by atoms with Crippen molar-refractivity contribution in [1.82, 2.24) is 9.55 Å². The van der Waals surface area contributed by atoms with Gasteiger partial charge in [0.15, 0.2) is 0 Å². The van der Waals surface area contributed by atoms with Gasteiger partial charge in [-0.2, -0.15) is 5.26 Å². The smallest absolute Gasteiger partial charge is 0.144 e. The molecule has 0 amide bonds. The fraction of sp³-hybridized carbons (Fsp3) is 0. The average Bonchev–Trinajstić information content (AvgIpc) is 2.96. The van der Waals surface area contributed by atoms with E-state index in [-0.39, 0.29) is 0 Å². The van der Waals surface area contributed by atoms with E-state index in [1.807, 2.05) is 47.2 Å². The van der Waals surface area contributed by atoms with Gasteiger partial charge in [-0.3, -0.25) is 4.57 Å². The van der Waals surface area contributed by atoms with Crippen LogP contribution in [0.15, 0.2) is 54.9 Å². The lowest BCUT2D eigenvalue weighted by atomic mass is 10.1. The Bertz CT molecular complexity index is 845. The molecule has 2 N–H and O–H groups in total.